The molecule has 16 heteroatoms. The number of allylic oxidation sites excluding steroid dienone is 2. The van der Waals surface area contributed by atoms with E-state index in [9.17, 15) is 39.0 Å². The van der Waals surface area contributed by atoms with E-state index < -0.39 is 57.5 Å². The van der Waals surface area contributed by atoms with Crippen molar-refractivity contribution in [3.63, 3.8) is 0 Å². The molecule has 2 aliphatic carbocycles. The Hall–Kier alpha value is -6.38. The second-order valence-corrected chi connectivity index (χ2v) is 16.9. The molecule has 2 unspecified atom stereocenters. The molecule has 6 heterocycles. The third-order valence-corrected chi connectivity index (χ3v) is 11.0. The van der Waals surface area contributed by atoms with Crippen LogP contribution in [0.15, 0.2) is 118 Å². The van der Waals surface area contributed by atoms with E-state index in [1.165, 1.54) is 63.0 Å². The summed E-state index contributed by atoms with van der Waals surface area (Å²) in [6, 6.07) is 5.88. The lowest BCUT2D eigenvalue weighted by molar-refractivity contribution is -0.153. The van der Waals surface area contributed by atoms with Gasteiger partial charge in [-0.05, 0) is 89.1 Å². The summed E-state index contributed by atoms with van der Waals surface area (Å²) in [6.45, 7) is 10.4. The maximum absolute atomic E-state index is 13.1. The maximum atomic E-state index is 13.1. The molecule has 2 aromatic rings. The number of aliphatic hydroxyl groups excluding tert-OH is 2. The minimum absolute atomic E-state index is 0.186. The molecule has 6 aliphatic rings. The lowest BCUT2D eigenvalue weighted by Crippen LogP contribution is -2.43. The number of Topliss-reactive ketones (excluding diaryl/α,β-unsaturated/α-hetero) is 2. The third-order valence-electron chi connectivity index (χ3n) is 10.6. The van der Waals surface area contributed by atoms with Crippen LogP contribution in [0.25, 0.3) is 11.5 Å². The van der Waals surface area contributed by atoms with Crippen molar-refractivity contribution in [2.75, 3.05) is 0 Å². The van der Waals surface area contributed by atoms with Crippen molar-refractivity contribution in [1.82, 2.24) is 9.97 Å². The second kappa shape index (κ2) is 14.7. The Morgan fingerprint density at radius 3 is 1.33 bits per heavy atom. The highest BCUT2D eigenvalue weighted by atomic mass is 35.5. The molecule has 308 valence electrons. The van der Waals surface area contributed by atoms with Gasteiger partial charge in [0.2, 0.25) is 11.6 Å². The highest BCUT2D eigenvalue weighted by Crippen LogP contribution is 2.48. The molecule has 8 rings (SSSR count). The maximum Gasteiger partial charge on any atom is 0.343 e. The molecule has 0 saturated heterocycles. The van der Waals surface area contributed by atoms with Gasteiger partial charge in [-0.25, -0.2) is 19.6 Å². The van der Waals surface area contributed by atoms with E-state index in [0.29, 0.717) is 35.1 Å². The molecule has 0 saturated carbocycles. The zero-order chi connectivity index (χ0) is 43.7. The van der Waals surface area contributed by atoms with E-state index in [1.807, 2.05) is 27.7 Å². The van der Waals surface area contributed by atoms with Crippen molar-refractivity contribution in [2.24, 2.45) is 0 Å². The van der Waals surface area contributed by atoms with Gasteiger partial charge in [0, 0.05) is 59.7 Å². The number of aliphatic hydroxyl groups is 2. The number of rotatable bonds is 6. The topological polar surface area (TPSA) is 206 Å². The largest absolute Gasteiger partial charge is 0.507 e. The fourth-order valence-electron chi connectivity index (χ4n) is 7.42. The zero-order valence-electron chi connectivity index (χ0n) is 33.0. The van der Waals surface area contributed by atoms with Gasteiger partial charge in [0.15, 0.2) is 22.8 Å². The molecule has 2 aromatic heterocycles. The van der Waals surface area contributed by atoms with Crippen molar-refractivity contribution >= 4 is 69.8 Å². The van der Waals surface area contributed by atoms with Crippen molar-refractivity contribution in [2.45, 2.75) is 76.8 Å². The molecule has 0 amide bonds. The number of pyridine rings is 2. The number of halogens is 2. The Balaban J connectivity index is 0.000000181. The number of esters is 2. The van der Waals surface area contributed by atoms with Crippen LogP contribution in [0.3, 0.4) is 0 Å². The summed E-state index contributed by atoms with van der Waals surface area (Å²) in [7, 11) is 0. The van der Waals surface area contributed by atoms with Gasteiger partial charge >= 0.3 is 11.9 Å². The number of ketones is 4. The number of aromatic nitrogens is 2. The number of fused-ring (bicyclic) bond motifs is 4. The van der Waals surface area contributed by atoms with Crippen molar-refractivity contribution in [3.8, 4) is 0 Å². The first kappa shape index (κ1) is 41.8. The van der Waals surface area contributed by atoms with Gasteiger partial charge in [0.1, 0.15) is 44.2 Å². The molecule has 0 radical (unpaired) electrons. The third kappa shape index (κ3) is 7.41. The van der Waals surface area contributed by atoms with Gasteiger partial charge < -0.3 is 29.2 Å². The van der Waals surface area contributed by atoms with E-state index >= 15 is 0 Å². The lowest BCUT2D eigenvalue weighted by Gasteiger charge is -2.37. The average molecular weight is 856 g/mol. The monoisotopic (exact) mass is 854 g/mol. The van der Waals surface area contributed by atoms with Crippen molar-refractivity contribution < 1.29 is 57.9 Å². The molecule has 60 heavy (non-hydrogen) atoms. The van der Waals surface area contributed by atoms with Crippen LogP contribution in [0.4, 0.5) is 0 Å². The summed E-state index contributed by atoms with van der Waals surface area (Å²) in [5.74, 6) is -5.04. The van der Waals surface area contributed by atoms with Crippen LogP contribution in [0.2, 0.25) is 10.3 Å². The van der Waals surface area contributed by atoms with Crippen LogP contribution in [-0.2, 0) is 47.7 Å². The van der Waals surface area contributed by atoms with Crippen LogP contribution in [-0.4, -0.2) is 77.7 Å². The predicted octanol–water partition coefficient (Wildman–Crippen LogP) is 6.81. The fraction of sp³-hybridized carbons (Fsp3) is 0.273. The molecular formula is C44H36Cl2N2O12. The van der Waals surface area contributed by atoms with Gasteiger partial charge in [-0.2, -0.15) is 0 Å². The molecule has 0 spiro atoms. The lowest BCUT2D eigenvalue weighted by atomic mass is 9.74. The highest BCUT2D eigenvalue weighted by Gasteiger charge is 2.56. The van der Waals surface area contributed by atoms with Gasteiger partial charge in [-0.1, -0.05) is 23.2 Å². The first-order valence-corrected chi connectivity index (χ1v) is 19.2. The first-order chi connectivity index (χ1) is 28.0. The number of carbonyl (C=O) groups is 6. The number of carbonyl (C=O) groups excluding carboxylic acids is 6. The zero-order valence-corrected chi connectivity index (χ0v) is 34.5. The van der Waals surface area contributed by atoms with Gasteiger partial charge in [-0.15, -0.1) is 0 Å². The molecular weight excluding hydrogens is 819 g/mol. The molecule has 0 bridgehead atoms. The van der Waals surface area contributed by atoms with Crippen LogP contribution in [0.5, 0.6) is 0 Å². The summed E-state index contributed by atoms with van der Waals surface area (Å²) in [5, 5.41) is 21.0. The number of nitrogens with zero attached hydrogens (tertiary/aromatic N) is 2. The summed E-state index contributed by atoms with van der Waals surface area (Å²) in [4.78, 5) is 84.7. The molecule has 0 aromatic carbocycles. The van der Waals surface area contributed by atoms with Gasteiger partial charge in [0.25, 0.3) is 0 Å². The highest BCUT2D eigenvalue weighted by molar-refractivity contribution is 6.30. The summed E-state index contributed by atoms with van der Waals surface area (Å²) < 4.78 is 21.9. The SMILES string of the molecule is CC1(C)CC2=CC3=C(C(=O)/C=C(\O)c4ccc(Cl)nc4)C(=O)OC3(C)C(=O)C2=CO1.CC1(C)CC2=CC3=C(C(=O)C=C(O)c4ccc(Cl)nc4)C(=O)OC3(C)C(=O)C2=CO1. The van der Waals surface area contributed by atoms with E-state index in [2.05, 4.69) is 9.97 Å². The normalized spacial score (nSPS) is 25.0. The Kier molecular flexibility index (Phi) is 10.2. The molecule has 0 fully saturated rings. The number of ether oxygens (including phenoxy) is 4. The number of hydrogen-bond donors (Lipinski definition) is 2. The van der Waals surface area contributed by atoms with Crippen molar-refractivity contribution in [1.29, 1.82) is 0 Å². The van der Waals surface area contributed by atoms with E-state index in [0.717, 1.165) is 12.2 Å². The molecule has 2 N–H and O–H groups in total. The quantitative estimate of drug-likeness (QED) is 0.101. The Morgan fingerprint density at radius 2 is 1.00 bits per heavy atom. The van der Waals surface area contributed by atoms with E-state index in [4.69, 9.17) is 42.1 Å². The summed E-state index contributed by atoms with van der Waals surface area (Å²) >= 11 is 11.5. The van der Waals surface area contributed by atoms with E-state index in [-0.39, 0.29) is 55.2 Å². The standard InChI is InChI=1S/2C22H18ClNO6/c2*1-21(2)8-12-6-14-18(16(26)7-15(25)11-4-5-17(23)24-9-11)20(28)30-22(14,3)19(27)13(12)10-29-21/h2*4-7,9-10,25H,8H2,1-3H3/b15-7-;. The summed E-state index contributed by atoms with van der Waals surface area (Å²) in [5.41, 5.74) is -1.99. The Labute approximate surface area is 352 Å². The molecule has 4 aliphatic heterocycles. The Morgan fingerprint density at radius 1 is 0.633 bits per heavy atom. The smallest absolute Gasteiger partial charge is 0.343 e. The molecule has 2 atom stereocenters. The molecule has 14 nitrogen and oxygen atoms in total. The van der Waals surface area contributed by atoms with Crippen LogP contribution >= 0.6 is 23.2 Å². The minimum Gasteiger partial charge on any atom is -0.507 e. The van der Waals surface area contributed by atoms with Crippen LogP contribution in [0.1, 0.15) is 65.5 Å². The summed E-state index contributed by atoms with van der Waals surface area (Å²) in [6.07, 6.45) is 11.3. The average Bonchev–Trinajstić information content (AvgIpc) is 3.59. The minimum atomic E-state index is -1.62. The van der Waals surface area contributed by atoms with Gasteiger partial charge in [-0.3, -0.25) is 19.2 Å². The number of hydrogen-bond acceptors (Lipinski definition) is 14. The Bertz CT molecular complexity index is 2430. The van der Waals surface area contributed by atoms with Crippen LogP contribution in [0, 0.1) is 0 Å². The van der Waals surface area contributed by atoms with Crippen molar-refractivity contribution in [3.05, 3.63) is 140 Å². The van der Waals surface area contributed by atoms with Crippen LogP contribution < -0.4 is 0 Å². The second-order valence-electron chi connectivity index (χ2n) is 16.1. The fourth-order valence-corrected chi connectivity index (χ4v) is 7.64. The predicted molar refractivity (Wildman–Crippen MR) is 215 cm³/mol. The first-order valence-electron chi connectivity index (χ1n) is 18.4. The van der Waals surface area contributed by atoms with E-state index in [1.54, 1.807) is 12.2 Å². The van der Waals surface area contributed by atoms with Gasteiger partial charge in [0.05, 0.1) is 23.7 Å².